The summed E-state index contributed by atoms with van der Waals surface area (Å²) < 4.78 is 0. The third-order valence-corrected chi connectivity index (χ3v) is 2.76. The van der Waals surface area contributed by atoms with E-state index in [4.69, 9.17) is 5.11 Å². The third-order valence-electron chi connectivity index (χ3n) is 2.76. The van der Waals surface area contributed by atoms with Crippen molar-refractivity contribution in [2.75, 3.05) is 6.61 Å². The summed E-state index contributed by atoms with van der Waals surface area (Å²) in [5, 5.41) is 18.6. The second kappa shape index (κ2) is 6.52. The average Bonchev–Trinajstić information content (AvgIpc) is 2.27. The molecule has 1 rings (SSSR count). The van der Waals surface area contributed by atoms with Crippen molar-refractivity contribution in [1.29, 1.82) is 0 Å². The van der Waals surface area contributed by atoms with E-state index >= 15 is 0 Å². The van der Waals surface area contributed by atoms with E-state index in [2.05, 4.69) is 0 Å². The number of carbonyl (C=O) groups is 1. The fourth-order valence-corrected chi connectivity index (χ4v) is 1.77. The van der Waals surface area contributed by atoms with Crippen LogP contribution in [-0.2, 0) is 11.2 Å². The maximum atomic E-state index is 11.7. The van der Waals surface area contributed by atoms with E-state index in [0.29, 0.717) is 12.8 Å². The van der Waals surface area contributed by atoms with Crippen molar-refractivity contribution in [3.8, 4) is 0 Å². The van der Waals surface area contributed by atoms with Gasteiger partial charge in [-0.05, 0) is 25.3 Å². The molecule has 1 unspecified atom stereocenters. The van der Waals surface area contributed by atoms with Crippen LogP contribution >= 0.6 is 0 Å². The van der Waals surface area contributed by atoms with Crippen molar-refractivity contribution in [3.05, 3.63) is 35.9 Å². The minimum Gasteiger partial charge on any atom is -0.396 e. The Balaban J connectivity index is 2.35. The normalized spacial score (nSPS) is 14.3. The number of carbonyl (C=O) groups excluding carboxylic acids is 1. The molecule has 1 aromatic rings. The van der Waals surface area contributed by atoms with Gasteiger partial charge in [0.25, 0.3) is 0 Å². The van der Waals surface area contributed by atoms with E-state index in [1.54, 1.807) is 6.92 Å². The minimum atomic E-state index is -1.08. The molecule has 3 heteroatoms. The Kier molecular flexibility index (Phi) is 5.32. The average molecular weight is 236 g/mol. The van der Waals surface area contributed by atoms with E-state index in [9.17, 15) is 9.90 Å². The summed E-state index contributed by atoms with van der Waals surface area (Å²) >= 11 is 0. The first kappa shape index (κ1) is 13.9. The molecule has 0 bridgehead atoms. The Morgan fingerprint density at radius 3 is 2.53 bits per heavy atom. The van der Waals surface area contributed by atoms with Crippen LogP contribution in [0.25, 0.3) is 0 Å². The molecule has 3 nitrogen and oxygen atoms in total. The number of hydrogen-bond acceptors (Lipinski definition) is 3. The van der Waals surface area contributed by atoms with Gasteiger partial charge in [-0.1, -0.05) is 30.3 Å². The molecule has 94 valence electrons. The SMILES string of the molecule is CC(O)(CCO)CC(=O)CCc1ccccc1. The van der Waals surface area contributed by atoms with Gasteiger partial charge in [0.2, 0.25) is 0 Å². The largest absolute Gasteiger partial charge is 0.396 e. The molecule has 1 atom stereocenters. The molecule has 0 fully saturated rings. The Morgan fingerprint density at radius 2 is 1.94 bits per heavy atom. The molecule has 0 saturated carbocycles. The highest BCUT2D eigenvalue weighted by Crippen LogP contribution is 2.16. The zero-order chi connectivity index (χ0) is 12.7. The van der Waals surface area contributed by atoms with Gasteiger partial charge in [0.05, 0.1) is 5.60 Å². The lowest BCUT2D eigenvalue weighted by molar-refractivity contribution is -0.123. The van der Waals surface area contributed by atoms with E-state index < -0.39 is 5.60 Å². The topological polar surface area (TPSA) is 57.5 Å². The molecular weight excluding hydrogens is 216 g/mol. The second-order valence-electron chi connectivity index (χ2n) is 4.67. The Morgan fingerprint density at radius 1 is 1.29 bits per heavy atom. The van der Waals surface area contributed by atoms with Crippen molar-refractivity contribution in [1.82, 2.24) is 0 Å². The lowest BCUT2D eigenvalue weighted by Crippen LogP contribution is -2.29. The molecule has 0 aliphatic heterocycles. The Bertz CT molecular complexity index is 344. The summed E-state index contributed by atoms with van der Waals surface area (Å²) in [5.41, 5.74) is 0.0466. The standard InChI is InChI=1S/C14H20O3/c1-14(17,9-10-15)11-13(16)8-7-12-5-3-2-4-6-12/h2-6,15,17H,7-11H2,1H3. The first-order chi connectivity index (χ1) is 8.03. The number of aliphatic hydroxyl groups excluding tert-OH is 1. The van der Waals surface area contributed by atoms with Gasteiger partial charge in [-0.3, -0.25) is 4.79 Å². The van der Waals surface area contributed by atoms with Gasteiger partial charge >= 0.3 is 0 Å². The molecule has 17 heavy (non-hydrogen) atoms. The number of hydrogen-bond donors (Lipinski definition) is 2. The summed E-state index contributed by atoms with van der Waals surface area (Å²) in [7, 11) is 0. The molecule has 0 heterocycles. The minimum absolute atomic E-state index is 0.0345. The smallest absolute Gasteiger partial charge is 0.136 e. The number of rotatable bonds is 7. The van der Waals surface area contributed by atoms with E-state index in [-0.39, 0.29) is 25.2 Å². The summed E-state index contributed by atoms with van der Waals surface area (Å²) in [6, 6.07) is 9.80. The Labute approximate surface area is 102 Å². The van der Waals surface area contributed by atoms with Crippen molar-refractivity contribution in [3.63, 3.8) is 0 Å². The van der Waals surface area contributed by atoms with Gasteiger partial charge in [-0.2, -0.15) is 0 Å². The highest BCUT2D eigenvalue weighted by Gasteiger charge is 2.23. The van der Waals surface area contributed by atoms with Crippen LogP contribution in [0.15, 0.2) is 30.3 Å². The summed E-state index contributed by atoms with van der Waals surface area (Å²) in [6.45, 7) is 1.49. The van der Waals surface area contributed by atoms with E-state index in [0.717, 1.165) is 5.56 Å². The quantitative estimate of drug-likeness (QED) is 0.757. The van der Waals surface area contributed by atoms with Crippen molar-refractivity contribution in [2.24, 2.45) is 0 Å². The molecule has 0 radical (unpaired) electrons. The van der Waals surface area contributed by atoms with Gasteiger partial charge in [-0.15, -0.1) is 0 Å². The zero-order valence-electron chi connectivity index (χ0n) is 10.2. The zero-order valence-corrected chi connectivity index (χ0v) is 10.2. The molecule has 0 saturated heterocycles. The Hall–Kier alpha value is -1.19. The first-order valence-corrected chi connectivity index (χ1v) is 5.92. The molecule has 0 spiro atoms. The molecule has 0 amide bonds. The highest BCUT2D eigenvalue weighted by molar-refractivity contribution is 5.79. The van der Waals surface area contributed by atoms with Gasteiger partial charge in [0.15, 0.2) is 0 Å². The summed E-state index contributed by atoms with van der Waals surface area (Å²) in [4.78, 5) is 11.7. The van der Waals surface area contributed by atoms with Gasteiger partial charge in [0, 0.05) is 19.4 Å². The lowest BCUT2D eigenvalue weighted by atomic mass is 9.93. The molecule has 0 aromatic heterocycles. The predicted octanol–water partition coefficient (Wildman–Crippen LogP) is 1.71. The van der Waals surface area contributed by atoms with Crippen LogP contribution in [0.4, 0.5) is 0 Å². The number of Topliss-reactive ketones (excluding diaryl/α,β-unsaturated/α-hetero) is 1. The monoisotopic (exact) mass is 236 g/mol. The van der Waals surface area contributed by atoms with Crippen LogP contribution in [0, 0.1) is 0 Å². The number of aliphatic hydroxyl groups is 2. The second-order valence-corrected chi connectivity index (χ2v) is 4.67. The van der Waals surface area contributed by atoms with Crippen LogP contribution in [0.1, 0.15) is 31.7 Å². The number of aryl methyl sites for hydroxylation is 1. The predicted molar refractivity (Wildman–Crippen MR) is 66.7 cm³/mol. The lowest BCUT2D eigenvalue weighted by Gasteiger charge is -2.21. The number of benzene rings is 1. The molecule has 0 aliphatic carbocycles. The van der Waals surface area contributed by atoms with Crippen LogP contribution in [-0.4, -0.2) is 28.2 Å². The van der Waals surface area contributed by atoms with Gasteiger partial charge in [-0.25, -0.2) is 0 Å². The first-order valence-electron chi connectivity index (χ1n) is 5.92. The summed E-state index contributed by atoms with van der Waals surface area (Å²) in [5.74, 6) is 0.0345. The van der Waals surface area contributed by atoms with Crippen LogP contribution < -0.4 is 0 Å². The van der Waals surface area contributed by atoms with Gasteiger partial charge in [0.1, 0.15) is 5.78 Å². The van der Waals surface area contributed by atoms with Crippen molar-refractivity contribution >= 4 is 5.78 Å². The van der Waals surface area contributed by atoms with Crippen molar-refractivity contribution < 1.29 is 15.0 Å². The van der Waals surface area contributed by atoms with E-state index in [1.807, 2.05) is 30.3 Å². The van der Waals surface area contributed by atoms with E-state index in [1.165, 1.54) is 0 Å². The number of ketones is 1. The molecule has 2 N–H and O–H groups in total. The van der Waals surface area contributed by atoms with Gasteiger partial charge < -0.3 is 10.2 Å². The third kappa shape index (κ3) is 5.61. The molecular formula is C14H20O3. The highest BCUT2D eigenvalue weighted by atomic mass is 16.3. The molecule has 0 aliphatic rings. The fourth-order valence-electron chi connectivity index (χ4n) is 1.77. The maximum absolute atomic E-state index is 11.7. The van der Waals surface area contributed by atoms with Crippen LogP contribution in [0.2, 0.25) is 0 Å². The molecule has 1 aromatic carbocycles. The van der Waals surface area contributed by atoms with Crippen LogP contribution in [0.3, 0.4) is 0 Å². The maximum Gasteiger partial charge on any atom is 0.136 e. The summed E-state index contributed by atoms with van der Waals surface area (Å²) in [6.07, 6.45) is 1.49. The van der Waals surface area contributed by atoms with Crippen LogP contribution in [0.5, 0.6) is 0 Å². The van der Waals surface area contributed by atoms with Crippen molar-refractivity contribution in [2.45, 2.75) is 38.2 Å². The fraction of sp³-hybridized carbons (Fsp3) is 0.500.